The summed E-state index contributed by atoms with van der Waals surface area (Å²) < 4.78 is 15.2. The summed E-state index contributed by atoms with van der Waals surface area (Å²) in [5.74, 6) is -0.275. The second-order valence-electron chi connectivity index (χ2n) is 3.87. The Kier molecular flexibility index (Phi) is 3.47. The zero-order valence-electron chi connectivity index (χ0n) is 9.87. The van der Waals surface area contributed by atoms with Crippen LogP contribution in [0.2, 0.25) is 0 Å². The van der Waals surface area contributed by atoms with Crippen molar-refractivity contribution in [3.05, 3.63) is 45.8 Å². The fourth-order valence-corrected chi connectivity index (χ4v) is 2.01. The number of benzene rings is 1. The highest BCUT2D eigenvalue weighted by Gasteiger charge is 2.13. The van der Waals surface area contributed by atoms with E-state index in [1.54, 1.807) is 17.8 Å². The van der Waals surface area contributed by atoms with E-state index >= 15 is 0 Å². The topological polar surface area (TPSA) is 46.9 Å². The fraction of sp³-hybridized carbons (Fsp3) is 0.167. The van der Waals surface area contributed by atoms with E-state index in [4.69, 9.17) is 0 Å². The fourth-order valence-electron chi connectivity index (χ4n) is 1.58. The van der Waals surface area contributed by atoms with E-state index in [0.29, 0.717) is 10.3 Å². The van der Waals surface area contributed by atoms with Gasteiger partial charge < -0.3 is 5.32 Å². The first-order valence-corrected chi connectivity index (χ1v) is 6.03. The molecule has 1 heterocycles. The number of halogens is 2. The molecule has 0 aliphatic heterocycles. The molecule has 94 valence electrons. The highest BCUT2D eigenvalue weighted by Crippen LogP contribution is 2.19. The lowest BCUT2D eigenvalue weighted by Crippen LogP contribution is -2.15. The van der Waals surface area contributed by atoms with Gasteiger partial charge in [-0.1, -0.05) is 0 Å². The number of aromatic nitrogens is 2. The maximum atomic E-state index is 13.1. The van der Waals surface area contributed by atoms with Gasteiger partial charge in [-0.2, -0.15) is 5.10 Å². The number of carbonyl (C=O) groups excluding carboxylic acids is 1. The first kappa shape index (κ1) is 12.8. The Labute approximate surface area is 112 Å². The Bertz CT molecular complexity index is 609. The third kappa shape index (κ3) is 2.59. The van der Waals surface area contributed by atoms with Gasteiger partial charge in [0.15, 0.2) is 0 Å². The lowest BCUT2D eigenvalue weighted by atomic mass is 10.2. The molecular weight excluding hydrogens is 301 g/mol. The normalized spacial score (nSPS) is 10.4. The molecule has 0 aliphatic rings. The zero-order chi connectivity index (χ0) is 13.3. The van der Waals surface area contributed by atoms with Crippen molar-refractivity contribution in [3.63, 3.8) is 0 Å². The minimum Gasteiger partial charge on any atom is -0.307 e. The van der Waals surface area contributed by atoms with Crippen LogP contribution in [0.3, 0.4) is 0 Å². The van der Waals surface area contributed by atoms with Crippen LogP contribution in [0.15, 0.2) is 28.7 Å². The summed E-state index contributed by atoms with van der Waals surface area (Å²) in [6.45, 7) is 1.83. The first-order valence-electron chi connectivity index (χ1n) is 5.24. The minimum absolute atomic E-state index is 0.244. The van der Waals surface area contributed by atoms with Crippen molar-refractivity contribution in [2.45, 2.75) is 6.92 Å². The van der Waals surface area contributed by atoms with E-state index in [1.807, 2.05) is 6.92 Å². The van der Waals surface area contributed by atoms with E-state index in [1.165, 1.54) is 18.2 Å². The van der Waals surface area contributed by atoms with Crippen LogP contribution < -0.4 is 5.32 Å². The first-order chi connectivity index (χ1) is 8.47. The number of hydrogen-bond donors (Lipinski definition) is 1. The number of nitrogens with one attached hydrogen (secondary N) is 1. The lowest BCUT2D eigenvalue weighted by molar-refractivity contribution is 0.102. The van der Waals surface area contributed by atoms with Crippen molar-refractivity contribution in [1.82, 2.24) is 9.78 Å². The standard InChI is InChI=1S/C12H11BrFN3O/c1-7-5-11(17(2)16-7)15-12(18)9-6-8(14)3-4-10(9)13/h3-6H,1-2H3,(H,15,18). The second-order valence-corrected chi connectivity index (χ2v) is 4.73. The predicted octanol–water partition coefficient (Wildman–Crippen LogP) is 2.88. The van der Waals surface area contributed by atoms with Crippen LogP contribution >= 0.6 is 15.9 Å². The van der Waals surface area contributed by atoms with Gasteiger partial charge in [0.1, 0.15) is 11.6 Å². The van der Waals surface area contributed by atoms with Crippen molar-refractivity contribution in [3.8, 4) is 0 Å². The highest BCUT2D eigenvalue weighted by atomic mass is 79.9. The smallest absolute Gasteiger partial charge is 0.258 e. The molecule has 0 unspecified atom stereocenters. The molecule has 1 aromatic heterocycles. The maximum Gasteiger partial charge on any atom is 0.258 e. The lowest BCUT2D eigenvalue weighted by Gasteiger charge is -2.06. The Hall–Kier alpha value is -1.69. The van der Waals surface area contributed by atoms with Crippen LogP contribution in [0.4, 0.5) is 10.2 Å². The molecule has 2 aromatic rings. The average molecular weight is 312 g/mol. The molecule has 6 heteroatoms. The molecule has 1 amide bonds. The summed E-state index contributed by atoms with van der Waals surface area (Å²) in [4.78, 5) is 12.0. The van der Waals surface area contributed by atoms with Crippen molar-refractivity contribution in [2.24, 2.45) is 7.05 Å². The SMILES string of the molecule is Cc1cc(NC(=O)c2cc(F)ccc2Br)n(C)n1. The largest absolute Gasteiger partial charge is 0.307 e. The van der Waals surface area contributed by atoms with Crippen LogP contribution in [0.1, 0.15) is 16.1 Å². The van der Waals surface area contributed by atoms with E-state index in [9.17, 15) is 9.18 Å². The van der Waals surface area contributed by atoms with Crippen LogP contribution in [-0.4, -0.2) is 15.7 Å². The number of anilines is 1. The number of rotatable bonds is 2. The molecule has 2 rings (SSSR count). The summed E-state index contributed by atoms with van der Waals surface area (Å²) >= 11 is 3.22. The van der Waals surface area contributed by atoms with Crippen LogP contribution in [0.5, 0.6) is 0 Å². The molecule has 0 atom stereocenters. The summed E-state index contributed by atoms with van der Waals surface area (Å²) in [7, 11) is 1.73. The Morgan fingerprint density at radius 1 is 1.44 bits per heavy atom. The molecule has 1 aromatic carbocycles. The van der Waals surface area contributed by atoms with Gasteiger partial charge in [-0.3, -0.25) is 9.48 Å². The van der Waals surface area contributed by atoms with Gasteiger partial charge in [-0.15, -0.1) is 0 Å². The molecule has 0 radical (unpaired) electrons. The average Bonchev–Trinajstić information content (AvgIpc) is 2.61. The molecule has 1 N–H and O–H groups in total. The molecule has 0 saturated heterocycles. The Balaban J connectivity index is 2.27. The van der Waals surface area contributed by atoms with E-state index < -0.39 is 5.82 Å². The molecule has 0 spiro atoms. The van der Waals surface area contributed by atoms with E-state index in [-0.39, 0.29) is 11.5 Å². The van der Waals surface area contributed by atoms with Gasteiger partial charge in [0.2, 0.25) is 0 Å². The number of nitrogens with zero attached hydrogens (tertiary/aromatic N) is 2. The van der Waals surface area contributed by atoms with Crippen molar-refractivity contribution in [2.75, 3.05) is 5.32 Å². The van der Waals surface area contributed by atoms with Gasteiger partial charge in [-0.05, 0) is 41.1 Å². The predicted molar refractivity (Wildman–Crippen MR) is 70.0 cm³/mol. The van der Waals surface area contributed by atoms with Crippen molar-refractivity contribution in [1.29, 1.82) is 0 Å². The van der Waals surface area contributed by atoms with Crippen molar-refractivity contribution < 1.29 is 9.18 Å². The number of hydrogen-bond acceptors (Lipinski definition) is 2. The van der Waals surface area contributed by atoms with Gasteiger partial charge in [-0.25, -0.2) is 4.39 Å². The van der Waals surface area contributed by atoms with Gasteiger partial charge >= 0.3 is 0 Å². The quantitative estimate of drug-likeness (QED) is 0.927. The monoisotopic (exact) mass is 311 g/mol. The molecule has 0 saturated carbocycles. The molecule has 0 aliphatic carbocycles. The Morgan fingerprint density at radius 3 is 2.78 bits per heavy atom. The van der Waals surface area contributed by atoms with E-state index in [2.05, 4.69) is 26.3 Å². The van der Waals surface area contributed by atoms with Crippen LogP contribution in [-0.2, 0) is 7.05 Å². The molecular formula is C12H11BrFN3O. The Morgan fingerprint density at radius 2 is 2.17 bits per heavy atom. The third-order valence-corrected chi connectivity index (χ3v) is 3.11. The summed E-state index contributed by atoms with van der Waals surface area (Å²) in [5.41, 5.74) is 1.04. The molecule has 0 bridgehead atoms. The van der Waals surface area contributed by atoms with Crippen LogP contribution in [0, 0.1) is 12.7 Å². The van der Waals surface area contributed by atoms with Crippen molar-refractivity contribution >= 4 is 27.7 Å². The zero-order valence-corrected chi connectivity index (χ0v) is 11.5. The van der Waals surface area contributed by atoms with E-state index in [0.717, 1.165) is 5.69 Å². The summed E-state index contributed by atoms with van der Waals surface area (Å²) in [6.07, 6.45) is 0. The van der Waals surface area contributed by atoms with Crippen LogP contribution in [0.25, 0.3) is 0 Å². The van der Waals surface area contributed by atoms with Gasteiger partial charge in [0.05, 0.1) is 11.3 Å². The summed E-state index contributed by atoms with van der Waals surface area (Å²) in [6, 6.07) is 5.71. The van der Waals surface area contributed by atoms with Gasteiger partial charge in [0.25, 0.3) is 5.91 Å². The highest BCUT2D eigenvalue weighted by molar-refractivity contribution is 9.10. The number of amides is 1. The molecule has 4 nitrogen and oxygen atoms in total. The van der Waals surface area contributed by atoms with Gasteiger partial charge in [0, 0.05) is 17.6 Å². The minimum atomic E-state index is -0.454. The molecule has 0 fully saturated rings. The second kappa shape index (κ2) is 4.89. The number of carbonyl (C=O) groups is 1. The summed E-state index contributed by atoms with van der Waals surface area (Å²) in [5, 5.41) is 6.79. The number of aryl methyl sites for hydroxylation is 2. The maximum absolute atomic E-state index is 13.1. The molecule has 18 heavy (non-hydrogen) atoms. The third-order valence-electron chi connectivity index (χ3n) is 2.42.